The number of nitrogens with two attached hydrogens (primary N) is 1. The molecule has 0 aliphatic carbocycles. The van der Waals surface area contributed by atoms with Gasteiger partial charge in [0.1, 0.15) is 17.9 Å². The van der Waals surface area contributed by atoms with E-state index in [0.29, 0.717) is 18.8 Å². The van der Waals surface area contributed by atoms with Crippen LogP contribution in [0, 0.1) is 0 Å². The molecule has 2 amide bonds. The second kappa shape index (κ2) is 10.4. The van der Waals surface area contributed by atoms with Gasteiger partial charge < -0.3 is 25.8 Å². The highest BCUT2D eigenvalue weighted by Crippen LogP contribution is 2.39. The summed E-state index contributed by atoms with van der Waals surface area (Å²) >= 11 is 1.51. The number of nitrogens with zero attached hydrogens (tertiary/aromatic N) is 1. The van der Waals surface area contributed by atoms with Crippen molar-refractivity contribution in [3.05, 3.63) is 65.7 Å². The summed E-state index contributed by atoms with van der Waals surface area (Å²) in [4.78, 5) is 27.7. The highest BCUT2D eigenvalue weighted by Gasteiger charge is 2.49. The first-order valence-corrected chi connectivity index (χ1v) is 11.5. The molecule has 0 aromatic heterocycles. The molecule has 3 rings (SSSR count). The molecule has 0 spiro atoms. The Morgan fingerprint density at radius 3 is 2.47 bits per heavy atom. The van der Waals surface area contributed by atoms with Crippen LogP contribution in [-0.2, 0) is 22.6 Å². The molecule has 2 aromatic carbocycles. The second-order valence-electron chi connectivity index (χ2n) is 8.45. The van der Waals surface area contributed by atoms with Gasteiger partial charge in [0.2, 0.25) is 5.91 Å². The fraction of sp³-hybridized carbons (Fsp3) is 0.417. The minimum absolute atomic E-state index is 0.256. The Morgan fingerprint density at radius 2 is 1.84 bits per heavy atom. The first-order valence-electron chi connectivity index (χ1n) is 10.6. The zero-order chi connectivity index (χ0) is 23.3. The van der Waals surface area contributed by atoms with E-state index in [1.165, 1.54) is 16.7 Å². The van der Waals surface area contributed by atoms with Gasteiger partial charge in [-0.1, -0.05) is 42.5 Å². The fourth-order valence-electron chi connectivity index (χ4n) is 3.79. The number of hydrogen-bond acceptors (Lipinski definition) is 6. The van der Waals surface area contributed by atoms with Crippen molar-refractivity contribution < 1.29 is 19.4 Å². The standard InChI is InChI=1S/C24H31N3O4S/c1-24(2)21(22(29)26-14-17-9-11-18(31-3)12-10-17)27(15-32-24)23(30)20(28)19(25)13-16-7-5-4-6-8-16/h4-12,19-21,28H,13-15,25H2,1-3H3,(H,26,29)/t19-,20-,21?/m0/s1. The number of nitrogens with one attached hydrogen (secondary N) is 1. The maximum absolute atomic E-state index is 13.1. The van der Waals surface area contributed by atoms with E-state index in [1.54, 1.807) is 7.11 Å². The average Bonchev–Trinajstić information content (AvgIpc) is 3.12. The number of aliphatic hydroxyl groups is 1. The molecular formula is C24H31N3O4S. The first kappa shape index (κ1) is 24.1. The minimum atomic E-state index is -1.39. The Balaban J connectivity index is 1.66. The van der Waals surface area contributed by atoms with Crippen LogP contribution >= 0.6 is 11.8 Å². The summed E-state index contributed by atoms with van der Waals surface area (Å²) in [6.45, 7) is 4.19. The van der Waals surface area contributed by atoms with Crippen molar-refractivity contribution in [2.24, 2.45) is 5.73 Å². The summed E-state index contributed by atoms with van der Waals surface area (Å²) in [6, 6.07) is 15.4. The van der Waals surface area contributed by atoms with E-state index in [9.17, 15) is 14.7 Å². The van der Waals surface area contributed by atoms with Crippen LogP contribution in [0.15, 0.2) is 54.6 Å². The van der Waals surface area contributed by atoms with Crippen LogP contribution in [0.25, 0.3) is 0 Å². The molecule has 8 heteroatoms. The smallest absolute Gasteiger partial charge is 0.254 e. The zero-order valence-electron chi connectivity index (χ0n) is 18.7. The lowest BCUT2D eigenvalue weighted by Crippen LogP contribution is -2.57. The zero-order valence-corrected chi connectivity index (χ0v) is 19.5. The molecule has 3 atom stereocenters. The van der Waals surface area contributed by atoms with Crippen molar-refractivity contribution in [1.29, 1.82) is 0 Å². The maximum atomic E-state index is 13.1. The van der Waals surface area contributed by atoms with Gasteiger partial charge in [0.05, 0.1) is 13.0 Å². The van der Waals surface area contributed by atoms with Gasteiger partial charge >= 0.3 is 0 Å². The van der Waals surface area contributed by atoms with Gasteiger partial charge in [0.15, 0.2) is 0 Å². The van der Waals surface area contributed by atoms with Crippen molar-refractivity contribution in [1.82, 2.24) is 10.2 Å². The highest BCUT2D eigenvalue weighted by atomic mass is 32.2. The van der Waals surface area contributed by atoms with Gasteiger partial charge in [0, 0.05) is 17.3 Å². The Kier molecular flexibility index (Phi) is 7.82. The summed E-state index contributed by atoms with van der Waals surface area (Å²) < 4.78 is 4.66. The predicted molar refractivity (Wildman–Crippen MR) is 126 cm³/mol. The van der Waals surface area contributed by atoms with Crippen LogP contribution in [0.2, 0.25) is 0 Å². The molecule has 0 bridgehead atoms. The van der Waals surface area contributed by atoms with E-state index in [1.807, 2.05) is 68.4 Å². The third kappa shape index (κ3) is 5.62. The largest absolute Gasteiger partial charge is 0.497 e. The van der Waals surface area contributed by atoms with Gasteiger partial charge in [-0.15, -0.1) is 11.8 Å². The molecule has 1 fully saturated rings. The molecule has 2 aromatic rings. The third-order valence-corrected chi connectivity index (χ3v) is 7.05. The Morgan fingerprint density at radius 1 is 1.19 bits per heavy atom. The normalized spacial score (nSPS) is 19.3. The van der Waals surface area contributed by atoms with Gasteiger partial charge in [-0.3, -0.25) is 9.59 Å². The van der Waals surface area contributed by atoms with Crippen LogP contribution in [0.3, 0.4) is 0 Å². The summed E-state index contributed by atoms with van der Waals surface area (Å²) in [6.07, 6.45) is -1.02. The molecule has 7 nitrogen and oxygen atoms in total. The molecule has 1 unspecified atom stereocenters. The van der Waals surface area contributed by atoms with Crippen LogP contribution in [0.5, 0.6) is 5.75 Å². The quantitative estimate of drug-likeness (QED) is 0.559. The molecule has 1 aliphatic rings. The van der Waals surface area contributed by atoms with E-state index in [4.69, 9.17) is 10.5 Å². The van der Waals surface area contributed by atoms with Gasteiger partial charge in [-0.25, -0.2) is 0 Å². The Hall–Kier alpha value is -2.55. The van der Waals surface area contributed by atoms with Crippen molar-refractivity contribution in [2.45, 2.75) is 49.7 Å². The number of methoxy groups -OCH3 is 1. The molecule has 1 heterocycles. The molecule has 0 radical (unpaired) electrons. The second-order valence-corrected chi connectivity index (χ2v) is 10.1. The number of rotatable bonds is 8. The van der Waals surface area contributed by atoms with E-state index in [0.717, 1.165) is 16.9 Å². The van der Waals surface area contributed by atoms with Gasteiger partial charge in [-0.05, 0) is 43.5 Å². The van der Waals surface area contributed by atoms with Crippen molar-refractivity contribution in [3.63, 3.8) is 0 Å². The maximum Gasteiger partial charge on any atom is 0.254 e. The van der Waals surface area contributed by atoms with Gasteiger partial charge in [0.25, 0.3) is 5.91 Å². The van der Waals surface area contributed by atoms with E-state index in [-0.39, 0.29) is 5.91 Å². The number of thioether (sulfide) groups is 1. The fourth-order valence-corrected chi connectivity index (χ4v) is 4.93. The van der Waals surface area contributed by atoms with E-state index < -0.39 is 28.8 Å². The number of hydrogen-bond donors (Lipinski definition) is 3. The van der Waals surface area contributed by atoms with Crippen LogP contribution in [-0.4, -0.2) is 57.7 Å². The molecular weight excluding hydrogens is 426 g/mol. The molecule has 4 N–H and O–H groups in total. The third-order valence-electron chi connectivity index (χ3n) is 5.68. The Labute approximate surface area is 193 Å². The molecule has 172 valence electrons. The van der Waals surface area contributed by atoms with Crippen LogP contribution in [0.1, 0.15) is 25.0 Å². The van der Waals surface area contributed by atoms with Crippen molar-refractivity contribution in [2.75, 3.05) is 13.0 Å². The summed E-state index contributed by atoms with van der Waals surface area (Å²) in [7, 11) is 1.60. The molecule has 0 saturated carbocycles. The summed E-state index contributed by atoms with van der Waals surface area (Å²) in [5.41, 5.74) is 8.01. The number of benzene rings is 2. The number of amides is 2. The first-order chi connectivity index (χ1) is 15.2. The number of aliphatic hydroxyl groups excluding tert-OH is 1. The Bertz CT molecular complexity index is 921. The molecule has 1 aliphatic heterocycles. The average molecular weight is 458 g/mol. The lowest BCUT2D eigenvalue weighted by molar-refractivity contribution is -0.147. The highest BCUT2D eigenvalue weighted by molar-refractivity contribution is 8.00. The SMILES string of the molecule is COc1ccc(CNC(=O)C2N(C(=O)[C@@H](O)[C@@H](N)Cc3ccccc3)CSC2(C)C)cc1. The lowest BCUT2D eigenvalue weighted by Gasteiger charge is -2.32. The van der Waals surface area contributed by atoms with Crippen LogP contribution in [0.4, 0.5) is 0 Å². The van der Waals surface area contributed by atoms with Crippen LogP contribution < -0.4 is 15.8 Å². The molecule has 32 heavy (non-hydrogen) atoms. The van der Waals surface area contributed by atoms with E-state index in [2.05, 4.69) is 5.32 Å². The summed E-state index contributed by atoms with van der Waals surface area (Å²) in [5, 5.41) is 13.6. The lowest BCUT2D eigenvalue weighted by atomic mass is 9.97. The molecule has 1 saturated heterocycles. The number of ether oxygens (including phenoxy) is 1. The van der Waals surface area contributed by atoms with Crippen molar-refractivity contribution >= 4 is 23.6 Å². The van der Waals surface area contributed by atoms with Crippen molar-refractivity contribution in [3.8, 4) is 5.75 Å². The number of carbonyl (C=O) groups excluding carboxylic acids is 2. The van der Waals surface area contributed by atoms with Gasteiger partial charge in [-0.2, -0.15) is 0 Å². The minimum Gasteiger partial charge on any atom is -0.497 e. The number of carbonyl (C=O) groups is 2. The monoisotopic (exact) mass is 457 g/mol. The topological polar surface area (TPSA) is 105 Å². The summed E-state index contributed by atoms with van der Waals surface area (Å²) in [5.74, 6) is 0.289. The van der Waals surface area contributed by atoms with E-state index >= 15 is 0 Å². The predicted octanol–water partition coefficient (Wildman–Crippen LogP) is 1.92.